The Kier molecular flexibility index (Phi) is 4.66. The van der Waals surface area contributed by atoms with Gasteiger partial charge >= 0.3 is 12.1 Å². The van der Waals surface area contributed by atoms with Crippen molar-refractivity contribution < 1.29 is 31.5 Å². The van der Waals surface area contributed by atoms with Gasteiger partial charge in [-0.3, -0.25) is 14.9 Å². The zero-order valence-electron chi connectivity index (χ0n) is 10.4. The van der Waals surface area contributed by atoms with Gasteiger partial charge in [0.2, 0.25) is 0 Å². The summed E-state index contributed by atoms with van der Waals surface area (Å²) in [5.41, 5.74) is -0.852. The molecule has 1 amide bonds. The smallest absolute Gasteiger partial charge is 0.261 e. The highest BCUT2D eigenvalue weighted by atomic mass is 32.2. The van der Waals surface area contributed by atoms with Gasteiger partial charge < -0.3 is 0 Å². The van der Waals surface area contributed by atoms with E-state index in [1.165, 1.54) is 0 Å². The van der Waals surface area contributed by atoms with E-state index in [1.54, 1.807) is 0 Å². The first kappa shape index (κ1) is 17.0. The Morgan fingerprint density at radius 1 is 1.38 bits per heavy atom. The quantitative estimate of drug-likeness (QED) is 0.484. The summed E-state index contributed by atoms with van der Waals surface area (Å²) in [5, 5.41) is 10.5. The highest BCUT2D eigenvalue weighted by Crippen LogP contribution is 2.21. The van der Waals surface area contributed by atoms with Crippen LogP contribution in [0.15, 0.2) is 22.6 Å². The number of rotatable bonds is 3. The first-order chi connectivity index (χ1) is 9.40. The molecule has 1 unspecified atom stereocenters. The molecule has 0 bridgehead atoms. The molecule has 21 heavy (non-hydrogen) atoms. The second-order valence-corrected chi connectivity index (χ2v) is 6.46. The Morgan fingerprint density at radius 3 is 2.43 bits per heavy atom. The number of nitrogens with zero attached hydrogens (tertiary/aromatic N) is 2. The Morgan fingerprint density at radius 2 is 1.95 bits per heavy atom. The lowest BCUT2D eigenvalue weighted by atomic mass is 10.2. The number of benzene rings is 1. The number of carbonyl (C=O) groups excluding carboxylic acids is 1. The average molecular weight is 328 g/mol. The molecule has 0 aromatic heterocycles. The molecule has 1 aromatic rings. The van der Waals surface area contributed by atoms with Crippen LogP contribution in [0.25, 0.3) is 0 Å². The highest BCUT2D eigenvalue weighted by Gasteiger charge is 2.39. The third-order valence-corrected chi connectivity index (χ3v) is 3.53. The average Bonchev–Trinajstić information content (AvgIpc) is 2.24. The lowest BCUT2D eigenvalue weighted by molar-refractivity contribution is -0.385. The minimum Gasteiger partial charge on any atom is -0.261 e. The van der Waals surface area contributed by atoms with Crippen molar-refractivity contribution in [3.8, 4) is 0 Å². The first-order valence-electron chi connectivity index (χ1n) is 5.15. The number of hydrogen-bond donors (Lipinski definition) is 0. The molecule has 11 heteroatoms. The van der Waals surface area contributed by atoms with E-state index in [1.807, 2.05) is 0 Å². The van der Waals surface area contributed by atoms with E-state index in [4.69, 9.17) is 0 Å². The summed E-state index contributed by atoms with van der Waals surface area (Å²) in [7, 11) is -3.66. The number of nitro benzene ring substituents is 1. The van der Waals surface area contributed by atoms with E-state index >= 15 is 0 Å². The van der Waals surface area contributed by atoms with E-state index in [2.05, 4.69) is 4.36 Å². The van der Waals surface area contributed by atoms with Crippen LogP contribution in [-0.2, 0) is 20.3 Å². The Labute approximate surface area is 116 Å². The molecule has 0 saturated heterocycles. The molecule has 0 aliphatic rings. The first-order valence-corrected chi connectivity index (χ1v) is 7.25. The van der Waals surface area contributed by atoms with Gasteiger partial charge in [0.25, 0.3) is 5.69 Å². The van der Waals surface area contributed by atoms with Crippen molar-refractivity contribution in [3.05, 3.63) is 39.7 Å². The molecule has 0 fully saturated rings. The maximum absolute atomic E-state index is 13.1. The summed E-state index contributed by atoms with van der Waals surface area (Å²) in [6.45, 7) is 0. The lowest BCUT2D eigenvalue weighted by Crippen LogP contribution is -2.22. The van der Waals surface area contributed by atoms with Gasteiger partial charge in [0, 0.05) is 12.3 Å². The Balaban J connectivity index is 3.16. The second kappa shape index (κ2) is 5.76. The zero-order valence-corrected chi connectivity index (χ0v) is 11.2. The standard InChI is InChI=1S/C10H8F4N2O4S/c1-21(20,15-9(17)10(12,13)14)5-6-2-7(11)4-8(3-6)16(18)19/h2-4H,5H2,1H3. The number of non-ortho nitro benzene ring substituents is 1. The molecule has 6 nitrogen and oxygen atoms in total. The molecular weight excluding hydrogens is 320 g/mol. The van der Waals surface area contributed by atoms with Gasteiger partial charge in [-0.2, -0.15) is 17.5 Å². The van der Waals surface area contributed by atoms with Crippen molar-refractivity contribution in [3.63, 3.8) is 0 Å². The molecular formula is C10H8F4N2O4S. The van der Waals surface area contributed by atoms with Crippen molar-refractivity contribution in [1.29, 1.82) is 0 Å². The maximum atomic E-state index is 13.1. The fourth-order valence-electron chi connectivity index (χ4n) is 1.39. The highest BCUT2D eigenvalue weighted by molar-refractivity contribution is 7.92. The second-order valence-electron chi connectivity index (χ2n) is 4.07. The van der Waals surface area contributed by atoms with Crippen LogP contribution in [0.2, 0.25) is 0 Å². The van der Waals surface area contributed by atoms with Crippen LogP contribution in [0.3, 0.4) is 0 Å². The number of amides is 1. The van der Waals surface area contributed by atoms with E-state index in [9.17, 15) is 36.7 Å². The predicted molar refractivity (Wildman–Crippen MR) is 64.3 cm³/mol. The summed E-state index contributed by atoms with van der Waals surface area (Å²) < 4.78 is 63.6. The molecule has 0 saturated carbocycles. The molecule has 0 aliphatic carbocycles. The van der Waals surface area contributed by atoms with Gasteiger partial charge in [-0.25, -0.2) is 8.60 Å². The molecule has 1 rings (SSSR count). The van der Waals surface area contributed by atoms with Gasteiger partial charge in [0.1, 0.15) is 5.82 Å². The largest absolute Gasteiger partial charge is 0.474 e. The molecule has 1 aromatic carbocycles. The molecule has 1 atom stereocenters. The van der Waals surface area contributed by atoms with Crippen LogP contribution in [0.1, 0.15) is 5.56 Å². The van der Waals surface area contributed by atoms with Crippen LogP contribution in [-0.4, -0.2) is 27.5 Å². The number of carbonyl (C=O) groups is 1. The van der Waals surface area contributed by atoms with Crippen molar-refractivity contribution >= 4 is 21.3 Å². The number of hydrogen-bond acceptors (Lipinski definition) is 4. The number of nitro groups is 1. The third kappa shape index (κ3) is 5.10. The fourth-order valence-corrected chi connectivity index (χ4v) is 2.69. The molecule has 0 spiro atoms. The van der Waals surface area contributed by atoms with Gasteiger partial charge in [-0.15, -0.1) is 0 Å². The number of alkyl halides is 3. The van der Waals surface area contributed by atoms with Gasteiger partial charge in [-0.05, 0) is 11.6 Å². The summed E-state index contributed by atoms with van der Waals surface area (Å²) in [6, 6.07) is 2.21. The SMILES string of the molecule is CS(=O)(Cc1cc(F)cc([N+](=O)[O-])c1)=NC(=O)C(F)(F)F. The van der Waals surface area contributed by atoms with Crippen LogP contribution in [0.4, 0.5) is 23.2 Å². The Bertz CT molecular complexity index is 707. The molecule has 0 N–H and O–H groups in total. The van der Waals surface area contributed by atoms with Crippen molar-refractivity contribution in [2.75, 3.05) is 6.26 Å². The van der Waals surface area contributed by atoms with Crippen LogP contribution in [0.5, 0.6) is 0 Å². The maximum Gasteiger partial charge on any atom is 0.474 e. The van der Waals surface area contributed by atoms with Crippen molar-refractivity contribution in [1.82, 2.24) is 0 Å². The molecule has 116 valence electrons. The van der Waals surface area contributed by atoms with Crippen LogP contribution >= 0.6 is 0 Å². The van der Waals surface area contributed by atoms with Gasteiger partial charge in [-0.1, -0.05) is 0 Å². The van der Waals surface area contributed by atoms with Gasteiger partial charge in [0.15, 0.2) is 0 Å². The zero-order chi connectivity index (χ0) is 16.4. The van der Waals surface area contributed by atoms with Crippen molar-refractivity contribution in [2.24, 2.45) is 4.36 Å². The number of halogens is 4. The van der Waals surface area contributed by atoms with E-state index in [0.717, 1.165) is 18.4 Å². The summed E-state index contributed by atoms with van der Waals surface area (Å²) in [6.07, 6.45) is -4.50. The van der Waals surface area contributed by atoms with E-state index < -0.39 is 44.0 Å². The van der Waals surface area contributed by atoms with Gasteiger partial charge in [0.05, 0.1) is 26.5 Å². The fraction of sp³-hybridized carbons (Fsp3) is 0.300. The predicted octanol–water partition coefficient (Wildman–Crippen LogP) is 2.42. The van der Waals surface area contributed by atoms with Crippen molar-refractivity contribution in [2.45, 2.75) is 11.9 Å². The minimum atomic E-state index is -5.27. The summed E-state index contributed by atoms with van der Waals surface area (Å²) in [4.78, 5) is 20.3. The monoisotopic (exact) mass is 328 g/mol. The van der Waals surface area contributed by atoms with Crippen LogP contribution < -0.4 is 0 Å². The van der Waals surface area contributed by atoms with Crippen LogP contribution in [0, 0.1) is 15.9 Å². The lowest BCUT2D eigenvalue weighted by Gasteiger charge is -2.06. The molecule has 0 heterocycles. The molecule has 0 radical (unpaired) electrons. The third-order valence-electron chi connectivity index (χ3n) is 2.11. The normalized spacial score (nSPS) is 14.3. The minimum absolute atomic E-state index is 0.201. The summed E-state index contributed by atoms with van der Waals surface area (Å²) in [5.74, 6) is -4.27. The Hall–Kier alpha value is -2.04. The van der Waals surface area contributed by atoms with E-state index in [-0.39, 0.29) is 5.56 Å². The summed E-state index contributed by atoms with van der Waals surface area (Å²) >= 11 is 0. The topological polar surface area (TPSA) is 89.6 Å². The molecule has 0 aliphatic heterocycles. The van der Waals surface area contributed by atoms with E-state index in [0.29, 0.717) is 6.07 Å².